The first kappa shape index (κ1) is 17.3. The third-order valence-corrected chi connectivity index (χ3v) is 5.76. The zero-order valence-corrected chi connectivity index (χ0v) is 15.3. The SMILES string of the molecule is CC1C(C(=O)O)CCN1C(=O)C(C)(C)Sc1ccc(Br)cc1. The van der Waals surface area contributed by atoms with Gasteiger partial charge in [0.1, 0.15) is 0 Å². The Hall–Kier alpha value is -1.01. The van der Waals surface area contributed by atoms with E-state index in [1.54, 1.807) is 4.90 Å². The van der Waals surface area contributed by atoms with Crippen molar-refractivity contribution in [2.24, 2.45) is 5.92 Å². The van der Waals surface area contributed by atoms with E-state index in [1.165, 1.54) is 11.8 Å². The number of nitrogens with zero attached hydrogens (tertiary/aromatic N) is 1. The summed E-state index contributed by atoms with van der Waals surface area (Å²) >= 11 is 4.90. The molecule has 0 aromatic heterocycles. The molecule has 1 fully saturated rings. The molecule has 2 atom stereocenters. The second-order valence-corrected chi connectivity index (χ2v) is 8.65. The molecule has 1 aromatic carbocycles. The third-order valence-electron chi connectivity index (χ3n) is 4.03. The molecule has 1 amide bonds. The predicted octanol–water partition coefficient (Wildman–Crippen LogP) is 3.64. The summed E-state index contributed by atoms with van der Waals surface area (Å²) in [5.74, 6) is -1.28. The van der Waals surface area contributed by atoms with Crippen LogP contribution in [0.2, 0.25) is 0 Å². The molecular formula is C16H20BrNO3S. The molecule has 1 aliphatic heterocycles. The van der Waals surface area contributed by atoms with Gasteiger partial charge in [0.15, 0.2) is 0 Å². The predicted molar refractivity (Wildman–Crippen MR) is 91.0 cm³/mol. The van der Waals surface area contributed by atoms with E-state index in [2.05, 4.69) is 15.9 Å². The monoisotopic (exact) mass is 385 g/mol. The zero-order valence-electron chi connectivity index (χ0n) is 12.9. The number of aliphatic carboxylic acids is 1. The van der Waals surface area contributed by atoms with Crippen LogP contribution in [0.25, 0.3) is 0 Å². The van der Waals surface area contributed by atoms with E-state index >= 15 is 0 Å². The largest absolute Gasteiger partial charge is 0.481 e. The summed E-state index contributed by atoms with van der Waals surface area (Å²) in [7, 11) is 0. The van der Waals surface area contributed by atoms with Gasteiger partial charge in [-0.05, 0) is 51.5 Å². The molecule has 1 heterocycles. The van der Waals surface area contributed by atoms with Gasteiger partial charge in [0.2, 0.25) is 5.91 Å². The minimum absolute atomic E-state index is 0.00308. The van der Waals surface area contributed by atoms with Crippen LogP contribution >= 0.6 is 27.7 Å². The van der Waals surface area contributed by atoms with Gasteiger partial charge in [-0.3, -0.25) is 9.59 Å². The van der Waals surface area contributed by atoms with Crippen LogP contribution in [0.15, 0.2) is 33.6 Å². The van der Waals surface area contributed by atoms with Crippen LogP contribution < -0.4 is 0 Å². The Bertz CT molecular complexity index is 573. The van der Waals surface area contributed by atoms with Crippen LogP contribution in [-0.2, 0) is 9.59 Å². The Balaban J connectivity index is 2.10. The molecule has 0 saturated carbocycles. The van der Waals surface area contributed by atoms with Crippen molar-refractivity contribution < 1.29 is 14.7 Å². The van der Waals surface area contributed by atoms with Crippen LogP contribution in [0.1, 0.15) is 27.2 Å². The number of carbonyl (C=O) groups excluding carboxylic acids is 1. The fourth-order valence-electron chi connectivity index (χ4n) is 2.74. The standard InChI is InChI=1S/C16H20BrNO3S/c1-10-13(14(19)20)8-9-18(10)15(21)16(2,3)22-12-6-4-11(17)5-7-12/h4-7,10,13H,8-9H2,1-3H3,(H,19,20). The lowest BCUT2D eigenvalue weighted by Crippen LogP contribution is -2.46. The van der Waals surface area contributed by atoms with E-state index in [1.807, 2.05) is 45.0 Å². The maximum atomic E-state index is 12.8. The summed E-state index contributed by atoms with van der Waals surface area (Å²) in [6.07, 6.45) is 0.529. The van der Waals surface area contributed by atoms with E-state index in [4.69, 9.17) is 0 Å². The number of hydrogen-bond acceptors (Lipinski definition) is 3. The first-order chi connectivity index (χ1) is 10.2. The van der Waals surface area contributed by atoms with Gasteiger partial charge in [0, 0.05) is 22.0 Å². The minimum atomic E-state index is -0.818. The highest BCUT2D eigenvalue weighted by Crippen LogP contribution is 2.37. The van der Waals surface area contributed by atoms with E-state index in [9.17, 15) is 14.7 Å². The Labute approximate surface area is 143 Å². The van der Waals surface area contributed by atoms with Crippen LogP contribution in [0, 0.1) is 5.92 Å². The van der Waals surface area contributed by atoms with Crippen molar-refractivity contribution in [3.63, 3.8) is 0 Å². The number of halogens is 1. The molecule has 2 rings (SSSR count). The molecule has 2 unspecified atom stereocenters. The molecule has 6 heteroatoms. The zero-order chi connectivity index (χ0) is 16.5. The Kier molecular flexibility index (Phi) is 5.22. The summed E-state index contributed by atoms with van der Waals surface area (Å²) in [6, 6.07) is 7.58. The highest BCUT2D eigenvalue weighted by Gasteiger charge is 2.43. The first-order valence-electron chi connectivity index (χ1n) is 7.21. The molecule has 1 aromatic rings. The molecule has 4 nitrogen and oxygen atoms in total. The van der Waals surface area contributed by atoms with Crippen LogP contribution in [0.5, 0.6) is 0 Å². The summed E-state index contributed by atoms with van der Waals surface area (Å²) in [4.78, 5) is 26.8. The van der Waals surface area contributed by atoms with Crippen molar-refractivity contribution in [2.45, 2.75) is 42.9 Å². The molecule has 1 aliphatic rings. The van der Waals surface area contributed by atoms with Crippen molar-refractivity contribution in [1.29, 1.82) is 0 Å². The van der Waals surface area contributed by atoms with Gasteiger partial charge in [0.25, 0.3) is 0 Å². The number of benzene rings is 1. The molecule has 120 valence electrons. The minimum Gasteiger partial charge on any atom is -0.481 e. The van der Waals surface area contributed by atoms with E-state index in [0.717, 1.165) is 9.37 Å². The lowest BCUT2D eigenvalue weighted by atomic mass is 10.0. The van der Waals surface area contributed by atoms with Gasteiger partial charge in [-0.2, -0.15) is 0 Å². The maximum absolute atomic E-state index is 12.8. The van der Waals surface area contributed by atoms with Crippen LogP contribution in [0.4, 0.5) is 0 Å². The van der Waals surface area contributed by atoms with E-state index in [0.29, 0.717) is 13.0 Å². The lowest BCUT2D eigenvalue weighted by Gasteiger charge is -2.32. The number of hydrogen-bond donors (Lipinski definition) is 1. The van der Waals surface area contributed by atoms with Crippen molar-refractivity contribution in [3.8, 4) is 0 Å². The molecule has 0 aliphatic carbocycles. The van der Waals surface area contributed by atoms with Gasteiger partial charge in [0.05, 0.1) is 10.7 Å². The molecule has 1 N–H and O–H groups in total. The van der Waals surface area contributed by atoms with Gasteiger partial charge >= 0.3 is 5.97 Å². The Morgan fingerprint density at radius 2 is 1.91 bits per heavy atom. The van der Waals surface area contributed by atoms with Crippen molar-refractivity contribution in [2.75, 3.05) is 6.54 Å². The maximum Gasteiger partial charge on any atom is 0.308 e. The highest BCUT2D eigenvalue weighted by atomic mass is 79.9. The number of amides is 1. The summed E-state index contributed by atoms with van der Waals surface area (Å²) in [5.41, 5.74) is 0. The summed E-state index contributed by atoms with van der Waals surface area (Å²) in [6.45, 7) is 6.12. The molecule has 0 spiro atoms. The van der Waals surface area contributed by atoms with Crippen LogP contribution in [0.3, 0.4) is 0 Å². The lowest BCUT2D eigenvalue weighted by molar-refractivity contribution is -0.143. The van der Waals surface area contributed by atoms with E-state index < -0.39 is 16.6 Å². The Morgan fingerprint density at radius 1 is 1.32 bits per heavy atom. The second-order valence-electron chi connectivity index (χ2n) is 6.04. The van der Waals surface area contributed by atoms with Crippen molar-refractivity contribution >= 4 is 39.6 Å². The molecule has 1 saturated heterocycles. The summed E-state index contributed by atoms with van der Waals surface area (Å²) in [5, 5.41) is 9.20. The Morgan fingerprint density at radius 3 is 2.41 bits per heavy atom. The van der Waals surface area contributed by atoms with Crippen molar-refractivity contribution in [3.05, 3.63) is 28.7 Å². The average Bonchev–Trinajstić information content (AvgIpc) is 2.82. The number of carbonyl (C=O) groups is 2. The smallest absolute Gasteiger partial charge is 0.308 e. The van der Waals surface area contributed by atoms with Gasteiger partial charge in [-0.25, -0.2) is 0 Å². The fourth-order valence-corrected chi connectivity index (χ4v) is 4.07. The number of thioether (sulfide) groups is 1. The fraction of sp³-hybridized carbons (Fsp3) is 0.500. The average molecular weight is 386 g/mol. The normalized spacial score (nSPS) is 21.9. The van der Waals surface area contributed by atoms with Gasteiger partial charge in [-0.1, -0.05) is 15.9 Å². The van der Waals surface area contributed by atoms with E-state index in [-0.39, 0.29) is 11.9 Å². The molecule has 0 radical (unpaired) electrons. The third kappa shape index (κ3) is 3.66. The highest BCUT2D eigenvalue weighted by molar-refractivity contribution is 9.10. The topological polar surface area (TPSA) is 57.6 Å². The second kappa shape index (κ2) is 6.62. The number of carboxylic acid groups (broad SMARTS) is 1. The summed E-state index contributed by atoms with van der Waals surface area (Å²) < 4.78 is 0.369. The molecule has 22 heavy (non-hydrogen) atoms. The molecule has 0 bridgehead atoms. The number of likely N-dealkylation sites (tertiary alicyclic amines) is 1. The van der Waals surface area contributed by atoms with Crippen molar-refractivity contribution in [1.82, 2.24) is 4.90 Å². The number of carboxylic acids is 1. The quantitative estimate of drug-likeness (QED) is 0.803. The van der Waals surface area contributed by atoms with Crippen LogP contribution in [-0.4, -0.2) is 39.2 Å². The van der Waals surface area contributed by atoms with Gasteiger partial charge < -0.3 is 10.0 Å². The first-order valence-corrected chi connectivity index (χ1v) is 8.82. The van der Waals surface area contributed by atoms with Gasteiger partial charge in [-0.15, -0.1) is 11.8 Å². The molecular weight excluding hydrogens is 366 g/mol. The number of rotatable bonds is 4.